The molecule has 0 atom stereocenters. The molecule has 0 saturated carbocycles. The molecular weight excluding hydrogens is 428 g/mol. The Labute approximate surface area is 191 Å². The second kappa shape index (κ2) is 11.2. The van der Waals surface area contributed by atoms with Crippen molar-refractivity contribution >= 4 is 23.2 Å². The highest BCUT2D eigenvalue weighted by molar-refractivity contribution is 7.12. The summed E-state index contributed by atoms with van der Waals surface area (Å²) in [5.74, 6) is 0.361. The van der Waals surface area contributed by atoms with Gasteiger partial charge in [0.1, 0.15) is 4.88 Å². The van der Waals surface area contributed by atoms with Crippen LogP contribution in [0.15, 0.2) is 53.9 Å². The average molecular weight is 455 g/mol. The maximum Gasteiger partial charge on any atom is 0.280 e. The lowest BCUT2D eigenvalue weighted by Crippen LogP contribution is -2.41. The minimum atomic E-state index is -0.499. The van der Waals surface area contributed by atoms with Crippen molar-refractivity contribution < 1.29 is 23.8 Å². The predicted molar refractivity (Wildman–Crippen MR) is 125 cm³/mol. The first kappa shape index (κ1) is 23.1. The van der Waals surface area contributed by atoms with Gasteiger partial charge in [-0.3, -0.25) is 20.4 Å². The van der Waals surface area contributed by atoms with E-state index in [1.807, 2.05) is 62.5 Å². The third-order valence-corrected chi connectivity index (χ3v) is 5.33. The summed E-state index contributed by atoms with van der Waals surface area (Å²) in [6.07, 6.45) is 0. The van der Waals surface area contributed by atoms with Crippen LogP contribution >= 0.6 is 11.3 Å². The van der Waals surface area contributed by atoms with Crippen LogP contribution in [-0.4, -0.2) is 31.6 Å². The topological polar surface area (TPSA) is 85.9 Å². The summed E-state index contributed by atoms with van der Waals surface area (Å²) in [6, 6.07) is 14.6. The van der Waals surface area contributed by atoms with Gasteiger partial charge in [0.05, 0.1) is 19.8 Å². The molecular formula is C24H26N2O5S. The number of carbonyl (C=O) groups is 2. The maximum absolute atomic E-state index is 12.8. The van der Waals surface area contributed by atoms with E-state index in [0.717, 1.165) is 11.1 Å². The van der Waals surface area contributed by atoms with E-state index >= 15 is 0 Å². The molecule has 3 rings (SSSR count). The average Bonchev–Trinajstić information content (AvgIpc) is 3.30. The van der Waals surface area contributed by atoms with Crippen molar-refractivity contribution in [2.45, 2.75) is 20.8 Å². The number of hydrazine groups is 1. The Balaban J connectivity index is 1.78. The van der Waals surface area contributed by atoms with Gasteiger partial charge in [0, 0.05) is 11.1 Å². The van der Waals surface area contributed by atoms with E-state index in [4.69, 9.17) is 14.2 Å². The number of hydrogen-bond donors (Lipinski definition) is 2. The molecule has 2 N–H and O–H groups in total. The Kier molecular flexibility index (Phi) is 8.10. The molecule has 8 heteroatoms. The summed E-state index contributed by atoms with van der Waals surface area (Å²) in [5, 5.41) is 1.84. The van der Waals surface area contributed by atoms with Gasteiger partial charge in [0.25, 0.3) is 11.8 Å². The molecule has 7 nitrogen and oxygen atoms in total. The first-order valence-electron chi connectivity index (χ1n) is 10.4. The lowest BCUT2D eigenvalue weighted by Gasteiger charge is -2.17. The third kappa shape index (κ3) is 5.39. The summed E-state index contributed by atoms with van der Waals surface area (Å²) < 4.78 is 17.0. The van der Waals surface area contributed by atoms with E-state index < -0.39 is 11.8 Å². The van der Waals surface area contributed by atoms with Crippen LogP contribution < -0.4 is 25.1 Å². The number of benzene rings is 2. The number of rotatable bonds is 9. The fourth-order valence-electron chi connectivity index (χ4n) is 3.09. The SMILES string of the molecule is CCOc1cc(C(=O)NNC(=O)c2sccc2-c2ccccc2)cc(OCC)c1OCC. The molecule has 0 unspecified atom stereocenters. The van der Waals surface area contributed by atoms with Crippen molar-refractivity contribution in [3.05, 3.63) is 64.4 Å². The predicted octanol–water partition coefficient (Wildman–Crippen LogP) is 4.69. The summed E-state index contributed by atoms with van der Waals surface area (Å²) in [7, 11) is 0. The van der Waals surface area contributed by atoms with Gasteiger partial charge in [-0.1, -0.05) is 30.3 Å². The molecule has 0 bridgehead atoms. The maximum atomic E-state index is 12.8. The van der Waals surface area contributed by atoms with Crippen LogP contribution in [0, 0.1) is 0 Å². The number of hydrogen-bond acceptors (Lipinski definition) is 6. The highest BCUT2D eigenvalue weighted by Gasteiger charge is 2.20. The second-order valence-electron chi connectivity index (χ2n) is 6.54. The summed E-state index contributed by atoms with van der Waals surface area (Å²) in [5.41, 5.74) is 6.98. The van der Waals surface area contributed by atoms with Crippen LogP contribution in [0.4, 0.5) is 0 Å². The fraction of sp³-hybridized carbons (Fsp3) is 0.250. The Morgan fingerprint density at radius 1 is 0.812 bits per heavy atom. The highest BCUT2D eigenvalue weighted by Crippen LogP contribution is 2.39. The lowest BCUT2D eigenvalue weighted by molar-refractivity contribution is 0.0848. The molecule has 0 aliphatic heterocycles. The minimum absolute atomic E-state index is 0.273. The zero-order chi connectivity index (χ0) is 22.9. The van der Waals surface area contributed by atoms with Crippen molar-refractivity contribution in [1.29, 1.82) is 0 Å². The van der Waals surface area contributed by atoms with Crippen LogP contribution in [-0.2, 0) is 0 Å². The Bertz CT molecular complexity index is 1040. The van der Waals surface area contributed by atoms with E-state index in [9.17, 15) is 9.59 Å². The summed E-state index contributed by atoms with van der Waals surface area (Å²) in [6.45, 7) is 6.76. The van der Waals surface area contributed by atoms with Gasteiger partial charge in [-0.15, -0.1) is 11.3 Å². The van der Waals surface area contributed by atoms with Gasteiger partial charge in [0.2, 0.25) is 5.75 Å². The van der Waals surface area contributed by atoms with Crippen molar-refractivity contribution in [2.24, 2.45) is 0 Å². The van der Waals surface area contributed by atoms with Gasteiger partial charge in [0.15, 0.2) is 11.5 Å². The Morgan fingerprint density at radius 2 is 1.41 bits per heavy atom. The van der Waals surface area contributed by atoms with Crippen LogP contribution in [0.1, 0.15) is 40.8 Å². The summed E-state index contributed by atoms with van der Waals surface area (Å²) >= 11 is 1.31. The minimum Gasteiger partial charge on any atom is -0.490 e. The molecule has 3 aromatic rings. The molecule has 2 amide bonds. The van der Waals surface area contributed by atoms with Crippen LogP contribution in [0.5, 0.6) is 17.2 Å². The van der Waals surface area contributed by atoms with Gasteiger partial charge >= 0.3 is 0 Å². The number of thiophene rings is 1. The molecule has 1 heterocycles. The normalized spacial score (nSPS) is 10.3. The fourth-order valence-corrected chi connectivity index (χ4v) is 3.90. The van der Waals surface area contributed by atoms with Gasteiger partial charge in [-0.2, -0.15) is 0 Å². The molecule has 0 radical (unpaired) electrons. The second-order valence-corrected chi connectivity index (χ2v) is 7.45. The Hall–Kier alpha value is -3.52. The molecule has 0 aliphatic carbocycles. The third-order valence-electron chi connectivity index (χ3n) is 4.42. The van der Waals surface area contributed by atoms with Gasteiger partial charge in [-0.05, 0) is 49.9 Å². The van der Waals surface area contributed by atoms with E-state index in [0.29, 0.717) is 41.9 Å². The number of amides is 2. The van der Waals surface area contributed by atoms with E-state index in [2.05, 4.69) is 10.9 Å². The largest absolute Gasteiger partial charge is 0.490 e. The molecule has 0 aliphatic rings. The van der Waals surface area contributed by atoms with E-state index in [1.54, 1.807) is 12.1 Å². The lowest BCUT2D eigenvalue weighted by atomic mass is 10.1. The van der Waals surface area contributed by atoms with Crippen LogP contribution in [0.25, 0.3) is 11.1 Å². The summed E-state index contributed by atoms with van der Waals surface area (Å²) in [4.78, 5) is 26.0. The van der Waals surface area contributed by atoms with Crippen molar-refractivity contribution in [3.8, 4) is 28.4 Å². The zero-order valence-corrected chi connectivity index (χ0v) is 19.1. The van der Waals surface area contributed by atoms with E-state index in [-0.39, 0.29) is 5.56 Å². The quantitative estimate of drug-likeness (QED) is 0.458. The highest BCUT2D eigenvalue weighted by atomic mass is 32.1. The number of nitrogens with one attached hydrogen (secondary N) is 2. The standard InChI is InChI=1S/C24H26N2O5S/c1-4-29-19-14-17(15-20(30-5-2)21(19)31-6-3)23(27)25-26-24(28)22-18(12-13-32-22)16-10-8-7-9-11-16/h7-15H,4-6H2,1-3H3,(H,25,27)(H,26,28). The number of ether oxygens (including phenoxy) is 3. The Morgan fingerprint density at radius 3 is 2.00 bits per heavy atom. The van der Waals surface area contributed by atoms with Gasteiger partial charge < -0.3 is 14.2 Å². The molecule has 0 spiro atoms. The number of carbonyl (C=O) groups excluding carboxylic acids is 2. The molecule has 168 valence electrons. The monoisotopic (exact) mass is 454 g/mol. The molecule has 1 aromatic heterocycles. The molecule has 0 saturated heterocycles. The molecule has 2 aromatic carbocycles. The zero-order valence-electron chi connectivity index (χ0n) is 18.3. The van der Waals surface area contributed by atoms with E-state index in [1.165, 1.54) is 11.3 Å². The van der Waals surface area contributed by atoms with Crippen molar-refractivity contribution in [1.82, 2.24) is 10.9 Å². The van der Waals surface area contributed by atoms with Crippen LogP contribution in [0.3, 0.4) is 0 Å². The van der Waals surface area contributed by atoms with Crippen LogP contribution in [0.2, 0.25) is 0 Å². The van der Waals surface area contributed by atoms with Gasteiger partial charge in [-0.25, -0.2) is 0 Å². The first-order valence-corrected chi connectivity index (χ1v) is 11.3. The van der Waals surface area contributed by atoms with Crippen molar-refractivity contribution in [2.75, 3.05) is 19.8 Å². The van der Waals surface area contributed by atoms with Crippen molar-refractivity contribution in [3.63, 3.8) is 0 Å². The smallest absolute Gasteiger partial charge is 0.280 e. The first-order chi connectivity index (χ1) is 15.6. The molecule has 0 fully saturated rings. The molecule has 32 heavy (non-hydrogen) atoms.